The van der Waals surface area contributed by atoms with Crippen molar-refractivity contribution in [3.8, 4) is 0 Å². The van der Waals surface area contributed by atoms with E-state index in [0.29, 0.717) is 11.0 Å². The van der Waals surface area contributed by atoms with Gasteiger partial charge in [-0.2, -0.15) is 0 Å². The zero-order valence-electron chi connectivity index (χ0n) is 6.74. The second kappa shape index (κ2) is 4.55. The summed E-state index contributed by atoms with van der Waals surface area (Å²) in [5.41, 5.74) is 5.43. The third kappa shape index (κ3) is 2.95. The van der Waals surface area contributed by atoms with Gasteiger partial charge in [-0.1, -0.05) is 11.6 Å². The minimum Gasteiger partial charge on any atom is -0.481 e. The third-order valence-electron chi connectivity index (χ3n) is 1.60. The number of carbonyl (C=O) groups is 1. The Morgan fingerprint density at radius 2 is 2.54 bits per heavy atom. The molecule has 0 radical (unpaired) electrons. The van der Waals surface area contributed by atoms with Crippen LogP contribution in [0.1, 0.15) is 17.2 Å². The topological polar surface area (TPSA) is 76.2 Å². The predicted octanol–water partition coefficient (Wildman–Crippen LogP) is 1.31. The normalized spacial score (nSPS) is 12.8. The van der Waals surface area contributed by atoms with Crippen LogP contribution in [0.5, 0.6) is 0 Å². The van der Waals surface area contributed by atoms with Gasteiger partial charge in [0.25, 0.3) is 0 Å². The molecule has 1 rings (SSSR count). The first-order chi connectivity index (χ1) is 6.13. The SMILES string of the molecule is NCC(CC(=O)O)c1cnc(Cl)s1. The van der Waals surface area contributed by atoms with E-state index in [2.05, 4.69) is 4.98 Å². The summed E-state index contributed by atoms with van der Waals surface area (Å²) in [5.74, 6) is -1.04. The minimum absolute atomic E-state index is 0.0228. The number of rotatable bonds is 4. The highest BCUT2D eigenvalue weighted by Crippen LogP contribution is 2.27. The lowest BCUT2D eigenvalue weighted by atomic mass is 10.1. The maximum atomic E-state index is 10.4. The molecule has 72 valence electrons. The third-order valence-corrected chi connectivity index (χ3v) is 2.88. The number of aliphatic carboxylic acids is 1. The molecule has 1 aromatic rings. The summed E-state index contributed by atoms with van der Waals surface area (Å²) in [4.78, 5) is 15.1. The Labute approximate surface area is 84.4 Å². The van der Waals surface area contributed by atoms with E-state index in [1.165, 1.54) is 11.3 Å². The fourth-order valence-electron chi connectivity index (χ4n) is 0.964. The molecule has 13 heavy (non-hydrogen) atoms. The number of thiazole rings is 1. The maximum absolute atomic E-state index is 10.4. The van der Waals surface area contributed by atoms with Gasteiger partial charge in [-0.05, 0) is 0 Å². The Balaban J connectivity index is 2.72. The molecular formula is C7H9ClN2O2S. The summed E-state index contributed by atoms with van der Waals surface area (Å²) in [7, 11) is 0. The average molecular weight is 221 g/mol. The van der Waals surface area contributed by atoms with Crippen LogP contribution in [0.4, 0.5) is 0 Å². The quantitative estimate of drug-likeness (QED) is 0.802. The van der Waals surface area contributed by atoms with Crippen molar-refractivity contribution in [3.63, 3.8) is 0 Å². The van der Waals surface area contributed by atoms with E-state index in [1.54, 1.807) is 6.20 Å². The van der Waals surface area contributed by atoms with Crippen molar-refractivity contribution in [2.45, 2.75) is 12.3 Å². The first-order valence-corrected chi connectivity index (χ1v) is 4.86. The first-order valence-electron chi connectivity index (χ1n) is 3.66. The van der Waals surface area contributed by atoms with Crippen molar-refractivity contribution in [1.82, 2.24) is 4.98 Å². The van der Waals surface area contributed by atoms with Crippen LogP contribution in [-0.4, -0.2) is 22.6 Å². The Morgan fingerprint density at radius 3 is 2.92 bits per heavy atom. The number of carboxylic acid groups (broad SMARTS) is 1. The molecule has 0 bridgehead atoms. The molecule has 0 amide bonds. The summed E-state index contributed by atoms with van der Waals surface area (Å²) in [6.45, 7) is 0.296. The van der Waals surface area contributed by atoms with Crippen LogP contribution in [-0.2, 0) is 4.79 Å². The van der Waals surface area contributed by atoms with Crippen molar-refractivity contribution < 1.29 is 9.90 Å². The van der Waals surface area contributed by atoms with Gasteiger partial charge in [0.05, 0.1) is 6.42 Å². The molecule has 0 aromatic carbocycles. The molecule has 6 heteroatoms. The Bertz CT molecular complexity index is 302. The van der Waals surface area contributed by atoms with Crippen LogP contribution < -0.4 is 5.73 Å². The number of carboxylic acids is 1. The van der Waals surface area contributed by atoms with Gasteiger partial charge in [-0.25, -0.2) is 4.98 Å². The van der Waals surface area contributed by atoms with Crippen LogP contribution in [0, 0.1) is 0 Å². The van der Waals surface area contributed by atoms with E-state index >= 15 is 0 Å². The molecule has 0 aliphatic heterocycles. The van der Waals surface area contributed by atoms with Crippen molar-refractivity contribution in [2.75, 3.05) is 6.54 Å². The molecule has 1 unspecified atom stereocenters. The lowest BCUT2D eigenvalue weighted by molar-refractivity contribution is -0.137. The highest BCUT2D eigenvalue weighted by Gasteiger charge is 2.16. The van der Waals surface area contributed by atoms with Crippen LogP contribution >= 0.6 is 22.9 Å². The Morgan fingerprint density at radius 1 is 1.85 bits per heavy atom. The molecule has 0 aliphatic rings. The van der Waals surface area contributed by atoms with Gasteiger partial charge in [-0.15, -0.1) is 11.3 Å². The zero-order chi connectivity index (χ0) is 9.84. The lowest BCUT2D eigenvalue weighted by Crippen LogP contribution is -2.15. The lowest BCUT2D eigenvalue weighted by Gasteiger charge is -2.07. The summed E-state index contributed by atoms with van der Waals surface area (Å²) in [5, 5.41) is 8.58. The van der Waals surface area contributed by atoms with E-state index in [1.807, 2.05) is 0 Å². The number of hydrogen-bond acceptors (Lipinski definition) is 4. The van der Waals surface area contributed by atoms with Gasteiger partial charge >= 0.3 is 5.97 Å². The van der Waals surface area contributed by atoms with E-state index in [4.69, 9.17) is 22.4 Å². The molecule has 1 atom stereocenters. The minimum atomic E-state index is -0.861. The van der Waals surface area contributed by atoms with Gasteiger partial charge in [0.2, 0.25) is 0 Å². The zero-order valence-corrected chi connectivity index (χ0v) is 8.31. The van der Waals surface area contributed by atoms with Crippen LogP contribution in [0.25, 0.3) is 0 Å². The number of aromatic nitrogens is 1. The highest BCUT2D eigenvalue weighted by molar-refractivity contribution is 7.15. The first kappa shape index (κ1) is 10.4. The van der Waals surface area contributed by atoms with Gasteiger partial charge in [0, 0.05) is 23.5 Å². The molecule has 3 N–H and O–H groups in total. The second-order valence-electron chi connectivity index (χ2n) is 2.55. The molecule has 4 nitrogen and oxygen atoms in total. The molecular weight excluding hydrogens is 212 g/mol. The Hall–Kier alpha value is -0.650. The van der Waals surface area contributed by atoms with Gasteiger partial charge in [0.15, 0.2) is 4.47 Å². The van der Waals surface area contributed by atoms with Crippen molar-refractivity contribution in [3.05, 3.63) is 15.5 Å². The van der Waals surface area contributed by atoms with Gasteiger partial charge in [0.1, 0.15) is 0 Å². The number of halogens is 1. The Kier molecular flexibility index (Phi) is 3.65. The predicted molar refractivity (Wildman–Crippen MR) is 51.2 cm³/mol. The molecule has 1 aromatic heterocycles. The van der Waals surface area contributed by atoms with E-state index in [-0.39, 0.29) is 12.3 Å². The number of nitrogens with zero attached hydrogens (tertiary/aromatic N) is 1. The van der Waals surface area contributed by atoms with Crippen LogP contribution in [0.2, 0.25) is 4.47 Å². The summed E-state index contributed by atoms with van der Waals surface area (Å²) < 4.78 is 0.416. The maximum Gasteiger partial charge on any atom is 0.304 e. The molecule has 1 heterocycles. The largest absolute Gasteiger partial charge is 0.481 e. The van der Waals surface area contributed by atoms with Crippen molar-refractivity contribution in [1.29, 1.82) is 0 Å². The number of hydrogen-bond donors (Lipinski definition) is 2. The second-order valence-corrected chi connectivity index (χ2v) is 4.19. The highest BCUT2D eigenvalue weighted by atomic mass is 35.5. The molecule has 0 saturated carbocycles. The average Bonchev–Trinajstić information content (AvgIpc) is 2.47. The van der Waals surface area contributed by atoms with E-state index in [9.17, 15) is 4.79 Å². The summed E-state index contributed by atoms with van der Waals surface area (Å²) in [6, 6.07) is 0. The molecule has 0 saturated heterocycles. The van der Waals surface area contributed by atoms with Crippen molar-refractivity contribution >= 4 is 28.9 Å². The van der Waals surface area contributed by atoms with Crippen LogP contribution in [0.15, 0.2) is 6.20 Å². The molecule has 0 spiro atoms. The molecule has 0 aliphatic carbocycles. The smallest absolute Gasteiger partial charge is 0.304 e. The van der Waals surface area contributed by atoms with E-state index < -0.39 is 5.97 Å². The summed E-state index contributed by atoms with van der Waals surface area (Å²) in [6.07, 6.45) is 1.60. The van der Waals surface area contributed by atoms with Gasteiger partial charge < -0.3 is 10.8 Å². The fourth-order valence-corrected chi connectivity index (χ4v) is 2.03. The van der Waals surface area contributed by atoms with E-state index in [0.717, 1.165) is 4.88 Å². The molecule has 0 fully saturated rings. The number of nitrogens with two attached hydrogens (primary N) is 1. The van der Waals surface area contributed by atoms with Crippen LogP contribution in [0.3, 0.4) is 0 Å². The van der Waals surface area contributed by atoms with Crippen molar-refractivity contribution in [2.24, 2.45) is 5.73 Å². The van der Waals surface area contributed by atoms with Gasteiger partial charge in [-0.3, -0.25) is 4.79 Å². The fraction of sp³-hybridized carbons (Fsp3) is 0.429. The summed E-state index contributed by atoms with van der Waals surface area (Å²) >= 11 is 6.89. The monoisotopic (exact) mass is 220 g/mol. The standard InChI is InChI=1S/C7H9ClN2O2S/c8-7-10-3-5(13-7)4(2-9)1-6(11)12/h3-4H,1-2,9H2,(H,11,12).